The van der Waals surface area contributed by atoms with E-state index in [2.05, 4.69) is 0 Å². The van der Waals surface area contributed by atoms with Crippen LogP contribution in [0.2, 0.25) is 0 Å². The summed E-state index contributed by atoms with van der Waals surface area (Å²) in [7, 11) is -1.28. The molecule has 0 radical (unpaired) electrons. The monoisotopic (exact) mass is 390 g/mol. The van der Waals surface area contributed by atoms with Crippen LogP contribution in [0.25, 0.3) is 10.7 Å². The Kier molecular flexibility index (Phi) is 5.05. The van der Waals surface area contributed by atoms with Crippen LogP contribution in [0.5, 0.6) is 11.5 Å². The van der Waals surface area contributed by atoms with Gasteiger partial charge in [0.15, 0.2) is 5.76 Å². The van der Waals surface area contributed by atoms with Gasteiger partial charge in [0.2, 0.25) is 0 Å². The van der Waals surface area contributed by atoms with Crippen LogP contribution < -0.4 is 9.47 Å². The summed E-state index contributed by atoms with van der Waals surface area (Å²) in [6.45, 7) is 6.62. The summed E-state index contributed by atoms with van der Waals surface area (Å²) in [5.74, 6) is 2.14. The van der Waals surface area contributed by atoms with Gasteiger partial charge in [-0.1, -0.05) is 35.9 Å². The van der Waals surface area contributed by atoms with Gasteiger partial charge in [0, 0.05) is 5.56 Å². The lowest BCUT2D eigenvalue weighted by Gasteiger charge is -2.11. The van der Waals surface area contributed by atoms with Crippen LogP contribution in [0.3, 0.4) is 0 Å². The van der Waals surface area contributed by atoms with Gasteiger partial charge in [-0.15, -0.1) is 0 Å². The average Bonchev–Trinajstić information content (AvgIpc) is 2.96. The molecule has 0 bridgehead atoms. The lowest BCUT2D eigenvalue weighted by molar-refractivity contribution is 0.339. The molecule has 1 aliphatic heterocycles. The second-order valence-electron chi connectivity index (χ2n) is 6.80. The van der Waals surface area contributed by atoms with E-state index in [1.54, 1.807) is 0 Å². The molecule has 0 N–H and O–H groups in total. The van der Waals surface area contributed by atoms with Crippen molar-refractivity contribution in [1.29, 1.82) is 0 Å². The zero-order chi connectivity index (χ0) is 19.7. The average molecular weight is 391 g/mol. The zero-order valence-electron chi connectivity index (χ0n) is 16.2. The van der Waals surface area contributed by atoms with Crippen molar-refractivity contribution in [1.82, 2.24) is 0 Å². The highest BCUT2D eigenvalue weighted by atomic mass is 32.2. The molecule has 0 amide bonds. The molecule has 0 saturated heterocycles. The molecule has 1 heterocycles. The molecule has 142 valence electrons. The summed E-state index contributed by atoms with van der Waals surface area (Å²) >= 11 is 0. The summed E-state index contributed by atoms with van der Waals surface area (Å²) in [4.78, 5) is 1.52. The third kappa shape index (κ3) is 3.48. The molecule has 4 heteroatoms. The molecule has 3 aromatic rings. The Morgan fingerprint density at radius 3 is 2.14 bits per heavy atom. The van der Waals surface area contributed by atoms with Crippen molar-refractivity contribution in [3.63, 3.8) is 0 Å². The van der Waals surface area contributed by atoms with Crippen molar-refractivity contribution in [2.45, 2.75) is 25.7 Å². The van der Waals surface area contributed by atoms with Crippen molar-refractivity contribution in [2.75, 3.05) is 6.61 Å². The van der Waals surface area contributed by atoms with Gasteiger partial charge < -0.3 is 9.47 Å². The third-order valence-electron chi connectivity index (χ3n) is 4.64. The van der Waals surface area contributed by atoms with E-state index in [0.717, 1.165) is 37.8 Å². The number of fused-ring (bicyclic) bond motifs is 1. The first-order valence-electron chi connectivity index (χ1n) is 9.31. The first-order chi connectivity index (χ1) is 13.6. The number of rotatable bonds is 5. The van der Waals surface area contributed by atoms with Crippen molar-refractivity contribution >= 4 is 21.5 Å². The van der Waals surface area contributed by atoms with Crippen LogP contribution >= 0.6 is 0 Å². The molecule has 0 aromatic heterocycles. The number of hydrogen-bond acceptors (Lipinski definition) is 3. The fourth-order valence-corrected chi connectivity index (χ4v) is 4.76. The molecule has 28 heavy (non-hydrogen) atoms. The highest BCUT2D eigenvalue weighted by molar-refractivity contribution is 7.95. The predicted octanol–water partition coefficient (Wildman–Crippen LogP) is 5.73. The lowest BCUT2D eigenvalue weighted by atomic mass is 10.1. The van der Waals surface area contributed by atoms with E-state index in [9.17, 15) is 4.21 Å². The van der Waals surface area contributed by atoms with Gasteiger partial charge in [-0.3, -0.25) is 0 Å². The Balaban J connectivity index is 1.80. The lowest BCUT2D eigenvalue weighted by Crippen LogP contribution is -1.97. The van der Waals surface area contributed by atoms with E-state index in [0.29, 0.717) is 18.1 Å². The van der Waals surface area contributed by atoms with E-state index >= 15 is 0 Å². The SMILES string of the molecule is CCOc1ccc(OC2=C(c3ccc(C)cc3)S(=O)c3cc(C)ccc32)cc1. The Hall–Kier alpha value is -2.85. The van der Waals surface area contributed by atoms with Crippen molar-refractivity contribution < 1.29 is 13.7 Å². The summed E-state index contributed by atoms with van der Waals surface area (Å²) in [5.41, 5.74) is 4.04. The second-order valence-corrected chi connectivity index (χ2v) is 8.18. The second kappa shape index (κ2) is 7.64. The molecule has 1 unspecified atom stereocenters. The van der Waals surface area contributed by atoms with Crippen LogP contribution in [-0.4, -0.2) is 10.8 Å². The first kappa shape index (κ1) is 18.5. The van der Waals surface area contributed by atoms with E-state index in [1.807, 2.05) is 87.5 Å². The maximum Gasteiger partial charge on any atom is 0.152 e. The predicted molar refractivity (Wildman–Crippen MR) is 114 cm³/mol. The van der Waals surface area contributed by atoms with E-state index in [1.165, 1.54) is 0 Å². The molecule has 0 saturated carbocycles. The third-order valence-corrected chi connectivity index (χ3v) is 6.17. The molecule has 0 aliphatic carbocycles. The maximum absolute atomic E-state index is 13.3. The largest absolute Gasteiger partial charge is 0.494 e. The van der Waals surface area contributed by atoms with E-state index in [4.69, 9.17) is 9.47 Å². The molecule has 1 atom stereocenters. The van der Waals surface area contributed by atoms with Crippen LogP contribution in [0.4, 0.5) is 0 Å². The minimum absolute atomic E-state index is 0.620. The molecule has 4 rings (SSSR count). The smallest absolute Gasteiger partial charge is 0.152 e. The molecular formula is C24H22O3S. The van der Waals surface area contributed by atoms with Gasteiger partial charge >= 0.3 is 0 Å². The normalized spacial score (nSPS) is 15.5. The molecule has 3 aromatic carbocycles. The van der Waals surface area contributed by atoms with Gasteiger partial charge in [-0.2, -0.15) is 0 Å². The molecular weight excluding hydrogens is 368 g/mol. The molecule has 0 fully saturated rings. The quantitative estimate of drug-likeness (QED) is 0.558. The molecule has 1 aliphatic rings. The van der Waals surface area contributed by atoms with Gasteiger partial charge in [0.1, 0.15) is 11.5 Å². The van der Waals surface area contributed by atoms with E-state index < -0.39 is 10.8 Å². The Morgan fingerprint density at radius 2 is 1.46 bits per heavy atom. The molecule has 3 nitrogen and oxygen atoms in total. The summed E-state index contributed by atoms with van der Waals surface area (Å²) in [6.07, 6.45) is 0. The Morgan fingerprint density at radius 1 is 0.821 bits per heavy atom. The Bertz CT molecular complexity index is 1060. The Labute approximate surface area is 168 Å². The standard InChI is InChI=1S/C24H22O3S/c1-4-26-19-10-12-20(13-11-19)27-23-21-14-7-17(3)15-22(21)28(25)24(23)18-8-5-16(2)6-9-18/h5-15H,4H2,1-3H3. The van der Waals surface area contributed by atoms with Crippen molar-refractivity contribution in [3.05, 3.63) is 89.0 Å². The highest BCUT2D eigenvalue weighted by Gasteiger charge is 2.31. The maximum atomic E-state index is 13.3. The van der Waals surface area contributed by atoms with Gasteiger partial charge in [0.05, 0.1) is 27.2 Å². The van der Waals surface area contributed by atoms with Gasteiger partial charge in [-0.25, -0.2) is 4.21 Å². The minimum atomic E-state index is -1.28. The van der Waals surface area contributed by atoms with Crippen LogP contribution in [0.1, 0.15) is 29.2 Å². The summed E-state index contributed by atoms with van der Waals surface area (Å²) in [6, 6.07) is 21.6. The number of hydrogen-bond donors (Lipinski definition) is 0. The minimum Gasteiger partial charge on any atom is -0.494 e. The van der Waals surface area contributed by atoms with Crippen molar-refractivity contribution in [2.24, 2.45) is 0 Å². The number of benzene rings is 3. The fourth-order valence-electron chi connectivity index (χ4n) is 3.22. The van der Waals surface area contributed by atoms with Crippen LogP contribution in [0.15, 0.2) is 71.6 Å². The van der Waals surface area contributed by atoms with Crippen LogP contribution in [-0.2, 0) is 10.8 Å². The summed E-state index contributed by atoms with van der Waals surface area (Å²) in [5, 5.41) is 0. The fraction of sp³-hybridized carbons (Fsp3) is 0.167. The van der Waals surface area contributed by atoms with E-state index in [-0.39, 0.29) is 0 Å². The van der Waals surface area contributed by atoms with Crippen molar-refractivity contribution in [3.8, 4) is 11.5 Å². The van der Waals surface area contributed by atoms with Gasteiger partial charge in [0.25, 0.3) is 0 Å². The summed E-state index contributed by atoms with van der Waals surface area (Å²) < 4.78 is 25.1. The number of aryl methyl sites for hydroxylation is 2. The molecule has 0 spiro atoms. The zero-order valence-corrected chi connectivity index (χ0v) is 17.0. The topological polar surface area (TPSA) is 35.5 Å². The number of ether oxygens (including phenoxy) is 2. The first-order valence-corrected chi connectivity index (χ1v) is 10.5. The van der Waals surface area contributed by atoms with Gasteiger partial charge in [-0.05, 0) is 68.3 Å². The highest BCUT2D eigenvalue weighted by Crippen LogP contribution is 2.43. The van der Waals surface area contributed by atoms with Crippen LogP contribution in [0, 0.1) is 13.8 Å².